The van der Waals surface area contributed by atoms with Crippen molar-refractivity contribution in [1.29, 1.82) is 0 Å². The third-order valence-corrected chi connectivity index (χ3v) is 3.17. The molecule has 0 saturated heterocycles. The number of halogens is 1. The van der Waals surface area contributed by atoms with Crippen LogP contribution in [0.25, 0.3) is 0 Å². The van der Waals surface area contributed by atoms with E-state index in [2.05, 4.69) is 10.6 Å². The van der Waals surface area contributed by atoms with Crippen molar-refractivity contribution >= 4 is 23.4 Å². The lowest BCUT2D eigenvalue weighted by Gasteiger charge is -2.11. The summed E-state index contributed by atoms with van der Waals surface area (Å²) in [6.07, 6.45) is 1.09. The minimum Gasteiger partial charge on any atom is -0.506 e. The van der Waals surface area contributed by atoms with Crippen LogP contribution in [0.2, 0.25) is 5.02 Å². The fraction of sp³-hybridized carbons (Fsp3) is 0.429. The molecule has 3 N–H and O–H groups in total. The molecule has 20 heavy (non-hydrogen) atoms. The van der Waals surface area contributed by atoms with Crippen molar-refractivity contribution in [1.82, 2.24) is 10.6 Å². The fourth-order valence-corrected chi connectivity index (χ4v) is 1.67. The quantitative estimate of drug-likeness (QED) is 0.752. The Kier molecular flexibility index (Phi) is 6.31. The topological polar surface area (TPSA) is 78.4 Å². The number of aromatic hydroxyl groups is 1. The van der Waals surface area contributed by atoms with Crippen LogP contribution in [0.4, 0.5) is 0 Å². The minimum atomic E-state index is -0.330. The van der Waals surface area contributed by atoms with Gasteiger partial charge in [0.2, 0.25) is 5.91 Å². The van der Waals surface area contributed by atoms with Crippen LogP contribution in [-0.4, -0.2) is 29.5 Å². The summed E-state index contributed by atoms with van der Waals surface area (Å²) in [5.41, 5.74) is 0.343. The van der Waals surface area contributed by atoms with E-state index in [1.165, 1.54) is 18.2 Å². The van der Waals surface area contributed by atoms with Crippen molar-refractivity contribution in [2.75, 3.05) is 6.54 Å². The van der Waals surface area contributed by atoms with E-state index in [1.54, 1.807) is 0 Å². The van der Waals surface area contributed by atoms with Crippen LogP contribution in [0.5, 0.6) is 5.75 Å². The predicted octanol–water partition coefficient (Wildman–Crippen LogP) is 2.08. The summed E-state index contributed by atoms with van der Waals surface area (Å²) in [4.78, 5) is 23.3. The molecule has 0 aliphatic rings. The number of phenolic OH excluding ortho intramolecular Hbond substituents is 1. The first-order chi connectivity index (χ1) is 9.43. The number of rotatable bonds is 6. The molecule has 0 bridgehead atoms. The van der Waals surface area contributed by atoms with Gasteiger partial charge in [-0.25, -0.2) is 0 Å². The highest BCUT2D eigenvalue weighted by molar-refractivity contribution is 6.32. The Labute approximate surface area is 123 Å². The molecule has 0 heterocycles. The van der Waals surface area contributed by atoms with E-state index in [0.717, 1.165) is 6.42 Å². The molecule has 0 aromatic heterocycles. The van der Waals surface area contributed by atoms with E-state index in [9.17, 15) is 14.7 Å². The monoisotopic (exact) mass is 298 g/mol. The number of nitrogens with one attached hydrogen (secondary N) is 2. The second-order valence-corrected chi connectivity index (χ2v) is 4.96. The number of benzene rings is 1. The fourth-order valence-electron chi connectivity index (χ4n) is 1.49. The zero-order valence-electron chi connectivity index (χ0n) is 11.6. The summed E-state index contributed by atoms with van der Waals surface area (Å²) < 4.78 is 0. The SMILES string of the molecule is CC[C@H](C)NC(=O)CCNC(=O)c1ccc(O)c(Cl)c1. The Morgan fingerprint density at radius 1 is 1.40 bits per heavy atom. The van der Waals surface area contributed by atoms with Gasteiger partial charge in [0.15, 0.2) is 0 Å². The average molecular weight is 299 g/mol. The number of carbonyl (C=O) groups excluding carboxylic acids is 2. The molecule has 2 amide bonds. The first kappa shape index (κ1) is 16.3. The Morgan fingerprint density at radius 3 is 2.70 bits per heavy atom. The summed E-state index contributed by atoms with van der Waals surface area (Å²) in [6.45, 7) is 4.16. The van der Waals surface area contributed by atoms with Gasteiger partial charge in [-0.1, -0.05) is 18.5 Å². The lowest BCUT2D eigenvalue weighted by atomic mass is 10.2. The molecule has 110 valence electrons. The number of hydrogen-bond donors (Lipinski definition) is 3. The average Bonchev–Trinajstić information content (AvgIpc) is 2.41. The molecule has 1 rings (SSSR count). The van der Waals surface area contributed by atoms with Crippen LogP contribution in [0.1, 0.15) is 37.0 Å². The molecule has 0 saturated carbocycles. The van der Waals surface area contributed by atoms with Crippen molar-refractivity contribution < 1.29 is 14.7 Å². The highest BCUT2D eigenvalue weighted by Gasteiger charge is 2.09. The van der Waals surface area contributed by atoms with Crippen molar-refractivity contribution in [3.63, 3.8) is 0 Å². The summed E-state index contributed by atoms with van der Waals surface area (Å²) in [5, 5.41) is 14.8. The summed E-state index contributed by atoms with van der Waals surface area (Å²) in [6, 6.07) is 4.34. The second-order valence-electron chi connectivity index (χ2n) is 4.55. The van der Waals surface area contributed by atoms with Gasteiger partial charge < -0.3 is 15.7 Å². The van der Waals surface area contributed by atoms with Crippen LogP contribution < -0.4 is 10.6 Å². The van der Waals surface area contributed by atoms with Gasteiger partial charge in [-0.3, -0.25) is 9.59 Å². The van der Waals surface area contributed by atoms with E-state index in [4.69, 9.17) is 11.6 Å². The van der Waals surface area contributed by atoms with E-state index in [-0.39, 0.29) is 41.6 Å². The van der Waals surface area contributed by atoms with Gasteiger partial charge in [-0.15, -0.1) is 0 Å². The lowest BCUT2D eigenvalue weighted by molar-refractivity contribution is -0.121. The molecule has 1 atom stereocenters. The minimum absolute atomic E-state index is 0.0730. The van der Waals surface area contributed by atoms with Crippen LogP contribution in [0.15, 0.2) is 18.2 Å². The van der Waals surface area contributed by atoms with Crippen molar-refractivity contribution in [2.24, 2.45) is 0 Å². The van der Waals surface area contributed by atoms with Gasteiger partial charge in [0.1, 0.15) is 5.75 Å². The maximum absolute atomic E-state index is 11.8. The third-order valence-electron chi connectivity index (χ3n) is 2.87. The standard InChI is InChI=1S/C14H19ClN2O3/c1-3-9(2)17-13(19)6-7-16-14(20)10-4-5-12(18)11(15)8-10/h4-5,8-9,18H,3,6-7H2,1-2H3,(H,16,20)(H,17,19)/t9-/m0/s1. The largest absolute Gasteiger partial charge is 0.506 e. The van der Waals surface area contributed by atoms with E-state index in [1.807, 2.05) is 13.8 Å². The molecule has 0 aliphatic heterocycles. The second kappa shape index (κ2) is 7.75. The predicted molar refractivity (Wildman–Crippen MR) is 78.0 cm³/mol. The molecular weight excluding hydrogens is 280 g/mol. The van der Waals surface area contributed by atoms with Crippen molar-refractivity contribution in [3.8, 4) is 5.75 Å². The molecule has 1 aromatic carbocycles. The third kappa shape index (κ3) is 5.09. The Hall–Kier alpha value is -1.75. The highest BCUT2D eigenvalue weighted by Crippen LogP contribution is 2.23. The maximum atomic E-state index is 11.8. The molecular formula is C14H19ClN2O3. The van der Waals surface area contributed by atoms with Crippen LogP contribution in [0.3, 0.4) is 0 Å². The van der Waals surface area contributed by atoms with E-state index < -0.39 is 0 Å². The van der Waals surface area contributed by atoms with Crippen molar-refractivity contribution in [2.45, 2.75) is 32.7 Å². The Balaban J connectivity index is 2.40. The van der Waals surface area contributed by atoms with Crippen LogP contribution >= 0.6 is 11.6 Å². The zero-order chi connectivity index (χ0) is 15.1. The van der Waals surface area contributed by atoms with Gasteiger partial charge in [0.25, 0.3) is 5.91 Å². The van der Waals surface area contributed by atoms with Crippen molar-refractivity contribution in [3.05, 3.63) is 28.8 Å². The summed E-state index contributed by atoms with van der Waals surface area (Å²) in [7, 11) is 0. The molecule has 0 aliphatic carbocycles. The normalized spacial score (nSPS) is 11.8. The number of phenols is 1. The number of amides is 2. The zero-order valence-corrected chi connectivity index (χ0v) is 12.3. The number of carbonyl (C=O) groups is 2. The molecule has 0 fully saturated rings. The van der Waals surface area contributed by atoms with Gasteiger partial charge in [-0.2, -0.15) is 0 Å². The summed E-state index contributed by atoms with van der Waals surface area (Å²) >= 11 is 5.72. The maximum Gasteiger partial charge on any atom is 0.251 e. The smallest absolute Gasteiger partial charge is 0.251 e. The van der Waals surface area contributed by atoms with Crippen LogP contribution in [0, 0.1) is 0 Å². The van der Waals surface area contributed by atoms with Crippen LogP contribution in [-0.2, 0) is 4.79 Å². The molecule has 0 radical (unpaired) electrons. The molecule has 1 aromatic rings. The lowest BCUT2D eigenvalue weighted by Crippen LogP contribution is -2.35. The van der Waals surface area contributed by atoms with Gasteiger partial charge in [0.05, 0.1) is 5.02 Å². The van der Waals surface area contributed by atoms with E-state index in [0.29, 0.717) is 5.56 Å². The Morgan fingerprint density at radius 2 is 2.10 bits per heavy atom. The van der Waals surface area contributed by atoms with E-state index >= 15 is 0 Å². The molecule has 6 heteroatoms. The molecule has 5 nitrogen and oxygen atoms in total. The van der Waals surface area contributed by atoms with Gasteiger partial charge in [0, 0.05) is 24.6 Å². The summed E-state index contributed by atoms with van der Waals surface area (Å²) in [5.74, 6) is -0.497. The van der Waals surface area contributed by atoms with Gasteiger partial charge >= 0.3 is 0 Å². The Bertz CT molecular complexity index is 491. The molecule has 0 unspecified atom stereocenters. The number of hydrogen-bond acceptors (Lipinski definition) is 3. The van der Waals surface area contributed by atoms with Gasteiger partial charge in [-0.05, 0) is 31.5 Å². The molecule has 0 spiro atoms. The first-order valence-electron chi connectivity index (χ1n) is 6.50. The highest BCUT2D eigenvalue weighted by atomic mass is 35.5. The first-order valence-corrected chi connectivity index (χ1v) is 6.88.